The van der Waals surface area contributed by atoms with Crippen LogP contribution in [0, 0.1) is 0 Å². The highest BCUT2D eigenvalue weighted by Gasteiger charge is 2.34. The van der Waals surface area contributed by atoms with Gasteiger partial charge in [0, 0.05) is 55.9 Å². The molecule has 2 aromatic rings. The highest BCUT2D eigenvalue weighted by atomic mass is 35.5. The SMILES string of the molecule is CCc1c(SN[C@@H](CNC(=O)c2ccc(Cl)s2)C(=O)OC2CN(C(C)C)C2)cccc1N1CCN(CCO)C1=O. The molecule has 0 spiro atoms. The summed E-state index contributed by atoms with van der Waals surface area (Å²) in [6.45, 7) is 8.93. The van der Waals surface area contributed by atoms with E-state index in [9.17, 15) is 19.5 Å². The van der Waals surface area contributed by atoms with Gasteiger partial charge in [-0.15, -0.1) is 11.3 Å². The number of benzene rings is 1. The number of ether oxygens (including phenoxy) is 1. The van der Waals surface area contributed by atoms with Crippen LogP contribution in [-0.2, 0) is 16.0 Å². The summed E-state index contributed by atoms with van der Waals surface area (Å²) in [4.78, 5) is 45.7. The van der Waals surface area contributed by atoms with Gasteiger partial charge in [-0.1, -0.05) is 24.6 Å². The molecule has 218 valence electrons. The molecule has 40 heavy (non-hydrogen) atoms. The van der Waals surface area contributed by atoms with Gasteiger partial charge in [-0.05, 0) is 62.0 Å². The Bertz CT molecular complexity index is 1210. The average molecular weight is 610 g/mol. The molecule has 0 saturated carbocycles. The molecule has 3 amide bonds. The fraction of sp³-hybridized carbons (Fsp3) is 0.519. The first-order chi connectivity index (χ1) is 19.2. The number of nitrogens with zero attached hydrogens (tertiary/aromatic N) is 3. The Kier molecular flexibility index (Phi) is 10.7. The minimum Gasteiger partial charge on any atom is -0.458 e. The van der Waals surface area contributed by atoms with Crippen molar-refractivity contribution in [3.8, 4) is 0 Å². The van der Waals surface area contributed by atoms with Crippen LogP contribution < -0.4 is 14.9 Å². The zero-order valence-electron chi connectivity index (χ0n) is 22.9. The van der Waals surface area contributed by atoms with Gasteiger partial charge in [-0.25, -0.2) is 9.52 Å². The minimum absolute atomic E-state index is 0.0304. The predicted molar refractivity (Wildman–Crippen MR) is 158 cm³/mol. The van der Waals surface area contributed by atoms with Crippen LogP contribution >= 0.6 is 34.9 Å². The first-order valence-electron chi connectivity index (χ1n) is 13.4. The number of β-amino-alcohol motifs (C(OH)–C–C–N with tert-alkyl or cyclic N) is 1. The molecule has 10 nitrogen and oxygen atoms in total. The molecule has 3 heterocycles. The molecular formula is C27H36ClN5O5S2. The van der Waals surface area contributed by atoms with Crippen molar-refractivity contribution in [3.05, 3.63) is 45.1 Å². The number of hydrogen-bond acceptors (Lipinski definition) is 9. The first-order valence-corrected chi connectivity index (χ1v) is 15.4. The molecule has 1 atom stereocenters. The van der Waals surface area contributed by atoms with Crippen LogP contribution in [0.15, 0.2) is 35.2 Å². The Morgan fingerprint density at radius 3 is 2.65 bits per heavy atom. The number of anilines is 1. The number of halogens is 1. The van der Waals surface area contributed by atoms with Gasteiger partial charge in [0.15, 0.2) is 0 Å². The van der Waals surface area contributed by atoms with Gasteiger partial charge in [0.2, 0.25) is 0 Å². The highest BCUT2D eigenvalue weighted by molar-refractivity contribution is 7.97. The van der Waals surface area contributed by atoms with Crippen molar-refractivity contribution in [2.45, 2.75) is 50.3 Å². The van der Waals surface area contributed by atoms with E-state index in [1.54, 1.807) is 21.9 Å². The largest absolute Gasteiger partial charge is 0.458 e. The Balaban J connectivity index is 1.45. The van der Waals surface area contributed by atoms with Crippen molar-refractivity contribution >= 4 is 58.5 Å². The van der Waals surface area contributed by atoms with E-state index in [2.05, 4.69) is 28.8 Å². The van der Waals surface area contributed by atoms with Gasteiger partial charge in [0.05, 0.1) is 15.8 Å². The summed E-state index contributed by atoms with van der Waals surface area (Å²) < 4.78 is 9.49. The number of rotatable bonds is 13. The van der Waals surface area contributed by atoms with Crippen molar-refractivity contribution < 1.29 is 24.2 Å². The van der Waals surface area contributed by atoms with E-state index >= 15 is 0 Å². The molecule has 1 aromatic heterocycles. The molecule has 2 aliphatic rings. The second kappa shape index (κ2) is 14.0. The van der Waals surface area contributed by atoms with Crippen LogP contribution in [-0.4, -0.2) is 96.9 Å². The van der Waals surface area contributed by atoms with Crippen molar-refractivity contribution in [3.63, 3.8) is 0 Å². The van der Waals surface area contributed by atoms with Crippen LogP contribution in [0.2, 0.25) is 4.34 Å². The lowest BCUT2D eigenvalue weighted by molar-refractivity contribution is -0.160. The molecular weight excluding hydrogens is 574 g/mol. The van der Waals surface area contributed by atoms with Crippen LogP contribution in [0.25, 0.3) is 0 Å². The number of aliphatic hydroxyl groups excluding tert-OH is 1. The van der Waals surface area contributed by atoms with Gasteiger partial charge in [-0.3, -0.25) is 19.4 Å². The fourth-order valence-corrected chi connectivity index (χ4v) is 6.56. The van der Waals surface area contributed by atoms with Gasteiger partial charge < -0.3 is 20.1 Å². The summed E-state index contributed by atoms with van der Waals surface area (Å²) in [5.41, 5.74) is 1.78. The second-order valence-corrected chi connectivity index (χ2v) is 12.5. The Morgan fingerprint density at radius 2 is 2.00 bits per heavy atom. The van der Waals surface area contributed by atoms with Crippen molar-refractivity contribution in [1.29, 1.82) is 0 Å². The van der Waals surface area contributed by atoms with Gasteiger partial charge in [-0.2, -0.15) is 0 Å². The van der Waals surface area contributed by atoms with Crippen LogP contribution in [0.1, 0.15) is 36.0 Å². The number of amides is 3. The number of thiophene rings is 1. The van der Waals surface area contributed by atoms with Crippen LogP contribution in [0.5, 0.6) is 0 Å². The number of aliphatic hydroxyl groups is 1. The molecule has 2 fully saturated rings. The summed E-state index contributed by atoms with van der Waals surface area (Å²) >= 11 is 8.43. The lowest BCUT2D eigenvalue weighted by Gasteiger charge is -2.41. The number of nitrogens with one attached hydrogen (secondary N) is 2. The summed E-state index contributed by atoms with van der Waals surface area (Å²) in [6.07, 6.45) is 0.482. The Hall–Kier alpha value is -2.35. The van der Waals surface area contributed by atoms with Crippen molar-refractivity contribution in [1.82, 2.24) is 19.8 Å². The lowest BCUT2D eigenvalue weighted by atomic mass is 10.1. The van der Waals surface area contributed by atoms with Crippen molar-refractivity contribution in [2.75, 3.05) is 50.8 Å². The fourth-order valence-electron chi connectivity index (χ4n) is 4.63. The highest BCUT2D eigenvalue weighted by Crippen LogP contribution is 2.32. The smallest absolute Gasteiger partial charge is 0.326 e. The Labute approximate surface area is 248 Å². The predicted octanol–water partition coefficient (Wildman–Crippen LogP) is 3.23. The molecule has 3 N–H and O–H groups in total. The topological polar surface area (TPSA) is 114 Å². The van der Waals surface area contributed by atoms with E-state index in [-0.39, 0.29) is 31.2 Å². The molecule has 2 aliphatic heterocycles. The summed E-state index contributed by atoms with van der Waals surface area (Å²) in [5.74, 6) is -0.749. The van der Waals surface area contributed by atoms with E-state index in [1.807, 2.05) is 25.1 Å². The number of esters is 1. The Morgan fingerprint density at radius 1 is 1.23 bits per heavy atom. The third kappa shape index (κ3) is 7.29. The number of likely N-dealkylation sites (tertiary alicyclic amines) is 1. The molecule has 1 aromatic carbocycles. The minimum atomic E-state index is -0.806. The van der Waals surface area contributed by atoms with E-state index in [1.165, 1.54) is 23.3 Å². The maximum Gasteiger partial charge on any atom is 0.326 e. The van der Waals surface area contributed by atoms with Gasteiger partial charge in [0.1, 0.15) is 12.1 Å². The normalized spacial score (nSPS) is 16.9. The third-order valence-corrected chi connectivity index (χ3v) is 9.20. The van der Waals surface area contributed by atoms with E-state index in [4.69, 9.17) is 16.3 Å². The second-order valence-electron chi connectivity index (χ2n) is 9.95. The van der Waals surface area contributed by atoms with E-state index in [0.717, 1.165) is 16.1 Å². The van der Waals surface area contributed by atoms with E-state index in [0.29, 0.717) is 54.4 Å². The number of hydrogen-bond donors (Lipinski definition) is 3. The zero-order chi connectivity index (χ0) is 28.8. The average Bonchev–Trinajstić information content (AvgIpc) is 3.50. The van der Waals surface area contributed by atoms with Crippen LogP contribution in [0.4, 0.5) is 10.5 Å². The number of carbonyl (C=O) groups is 3. The molecule has 0 bridgehead atoms. The van der Waals surface area contributed by atoms with Crippen LogP contribution in [0.3, 0.4) is 0 Å². The lowest BCUT2D eigenvalue weighted by Crippen LogP contribution is -2.57. The first kappa shape index (κ1) is 30.6. The van der Waals surface area contributed by atoms with Gasteiger partial charge >= 0.3 is 12.0 Å². The van der Waals surface area contributed by atoms with Crippen molar-refractivity contribution in [2.24, 2.45) is 0 Å². The molecule has 0 aliphatic carbocycles. The molecule has 13 heteroatoms. The molecule has 2 saturated heterocycles. The summed E-state index contributed by atoms with van der Waals surface area (Å²) in [6, 6.07) is 8.48. The zero-order valence-corrected chi connectivity index (χ0v) is 25.3. The molecule has 0 radical (unpaired) electrons. The molecule has 4 rings (SSSR count). The monoisotopic (exact) mass is 609 g/mol. The number of urea groups is 1. The standard InChI is InChI=1S/C27H36ClN5O5S2/c1-4-19-21(33-11-10-31(12-13-34)27(33)37)6-5-7-22(19)40-30-20(14-29-25(35)23-8-9-24(28)39-23)26(36)38-18-15-32(16-18)17(2)3/h5-9,17-18,20,30,34H,4,10-16H2,1-3H3,(H,29,35)/t20-/m0/s1. The summed E-state index contributed by atoms with van der Waals surface area (Å²) in [7, 11) is 0. The molecule has 0 unspecified atom stereocenters. The number of carbonyl (C=O) groups excluding carboxylic acids is 3. The van der Waals surface area contributed by atoms with E-state index < -0.39 is 12.0 Å². The quantitative estimate of drug-likeness (QED) is 0.234. The third-order valence-electron chi connectivity index (χ3n) is 6.97. The maximum absolute atomic E-state index is 13.2. The maximum atomic E-state index is 13.2. The van der Waals surface area contributed by atoms with Gasteiger partial charge in [0.25, 0.3) is 5.91 Å². The summed E-state index contributed by atoms with van der Waals surface area (Å²) in [5, 5.41) is 12.1.